The van der Waals surface area contributed by atoms with Crippen LogP contribution in [0.2, 0.25) is 18.1 Å². The number of halogens is 2. The zero-order valence-electron chi connectivity index (χ0n) is 57.3. The number of carbonyl (C=O) groups is 1. The summed E-state index contributed by atoms with van der Waals surface area (Å²) < 4.78 is 89.4. The number of rotatable bonds is 28. The fraction of sp³-hybridized carbons (Fsp3) is 0.627. The zero-order valence-corrected chi connectivity index (χ0v) is 59.2. The minimum absolute atomic E-state index is 0.0209. The molecule has 12 atom stereocenters. The summed E-state index contributed by atoms with van der Waals surface area (Å²) in [7, 11) is -1.48. The summed E-state index contributed by atoms with van der Waals surface area (Å²) >= 11 is 0. The number of amides is 1. The van der Waals surface area contributed by atoms with Crippen molar-refractivity contribution in [2.24, 2.45) is 39.9 Å². The number of hydrogen-bond acceptors (Lipinski definition) is 11. The highest BCUT2D eigenvalue weighted by molar-refractivity contribution is 7.44. The molecule has 4 aromatic rings. The van der Waals surface area contributed by atoms with E-state index >= 15 is 8.78 Å². The fourth-order valence-electron chi connectivity index (χ4n) is 16.5. The van der Waals surface area contributed by atoms with E-state index in [-0.39, 0.29) is 84.4 Å². The van der Waals surface area contributed by atoms with E-state index in [2.05, 4.69) is 111 Å². The van der Waals surface area contributed by atoms with Gasteiger partial charge in [0.2, 0.25) is 5.91 Å². The second kappa shape index (κ2) is 29.6. The molecule has 1 aliphatic heterocycles. The normalized spacial score (nSPS) is 27.4. The third-order valence-electron chi connectivity index (χ3n) is 22.9. The molecule has 16 heteroatoms. The lowest BCUT2D eigenvalue weighted by atomic mass is 9.45. The minimum Gasteiger partial charge on any atom is -0.497 e. The zero-order chi connectivity index (χ0) is 65.7. The largest absolute Gasteiger partial charge is 0.497 e. The molecule has 1 amide bonds. The smallest absolute Gasteiger partial charge is 0.259 e. The molecular weight excluding hydrogens is 1180 g/mol. The summed E-state index contributed by atoms with van der Waals surface area (Å²) in [6.07, 6.45) is 11.7. The Balaban J connectivity index is 0.966. The van der Waals surface area contributed by atoms with Crippen molar-refractivity contribution in [1.82, 2.24) is 9.99 Å². The fourth-order valence-corrected chi connectivity index (χ4v) is 19.6. The SMILES string of the molecule is COc1ccc(C(OC[C@H]2O[C@@H](c3cc(COCCNC(=O)CC[C@@H](C)[C@@]4(C)CC[C@H]5[C@@H]6CC=C7CCCC[C@]7(C)[C@H]6CC[C@@]54C)c(F)cc3F)[C@@H](O[Si](C)(C)C(C)(C)C)C2OP(OCCC#N)N(C(C)C)C(C)C)(c2ccccc2)c2ccc(OC)cc2)cc1. The van der Waals surface area contributed by atoms with Crippen LogP contribution < -0.4 is 14.8 Å². The standard InChI is InChI=1S/C75H106F2N3O9PSi/c1-50(2)80(51(3)4)90(86-44-21-42-78)88-69-66(49-85-75(55-23-17-16-18-24-55,56-26-31-58(82-12)32-27-56)57-28-33-59(83-13)34-29-57)87-68(70(69)89-91(14,15)71(6,7)8)61-46-53(64(76)47-65(61)77)48-84-45-43-79-67(81)36-25-52(5)73(10)40-38-63-60-35-30-54-22-19-20-39-72(54,9)62(60)37-41-74(63,73)11/h16-18,23-24,26-34,46-47,50-52,60,62-63,66,68-70H,19-22,25,35-41,43-45,48-49H2,1-15H3,(H,79,81)/t52-,60-,62+,63+,66-,68+,69?,70-,72+,73-,74+,90?/m1/s1. The molecule has 1 heterocycles. The molecule has 4 aliphatic carbocycles. The van der Waals surface area contributed by atoms with Crippen LogP contribution in [0.3, 0.4) is 0 Å². The van der Waals surface area contributed by atoms with Crippen LogP contribution in [0.5, 0.6) is 11.5 Å². The van der Waals surface area contributed by atoms with Gasteiger partial charge in [-0.2, -0.15) is 5.26 Å². The molecule has 9 rings (SSSR count). The van der Waals surface area contributed by atoms with Crippen molar-refractivity contribution in [2.45, 2.75) is 220 Å². The molecule has 3 saturated carbocycles. The van der Waals surface area contributed by atoms with Gasteiger partial charge in [0.1, 0.15) is 53.2 Å². The maximum absolute atomic E-state index is 17.2. The highest BCUT2D eigenvalue weighted by atomic mass is 31.2. The number of hydrogen-bond donors (Lipinski definition) is 1. The Morgan fingerprint density at radius 3 is 2.08 bits per heavy atom. The molecular formula is C75H106F2N3O9PSi. The summed E-state index contributed by atoms with van der Waals surface area (Å²) in [6.45, 7) is 29.2. The van der Waals surface area contributed by atoms with Crippen molar-refractivity contribution in [1.29, 1.82) is 5.26 Å². The quantitative estimate of drug-likeness (QED) is 0.0192. The number of carbonyl (C=O) groups excluding carboxylic acids is 1. The highest BCUT2D eigenvalue weighted by Crippen LogP contribution is 2.71. The topological polar surface area (TPSA) is 130 Å². The van der Waals surface area contributed by atoms with Gasteiger partial charge < -0.3 is 42.5 Å². The average Bonchev–Trinajstić information content (AvgIpc) is 1.64. The first-order valence-electron chi connectivity index (χ1n) is 33.9. The Bertz CT molecular complexity index is 3080. The van der Waals surface area contributed by atoms with Gasteiger partial charge in [-0.3, -0.25) is 4.79 Å². The Kier molecular flexibility index (Phi) is 23.0. The Labute approximate surface area is 546 Å². The van der Waals surface area contributed by atoms with Crippen LogP contribution >= 0.6 is 8.53 Å². The van der Waals surface area contributed by atoms with Crippen molar-refractivity contribution >= 4 is 22.8 Å². The Hall–Kier alpha value is -4.59. The maximum atomic E-state index is 17.2. The second-order valence-electron chi connectivity index (χ2n) is 29.6. The van der Waals surface area contributed by atoms with E-state index in [1.165, 1.54) is 63.9 Å². The van der Waals surface area contributed by atoms with Crippen molar-refractivity contribution in [3.63, 3.8) is 0 Å². The van der Waals surface area contributed by atoms with E-state index in [1.807, 2.05) is 78.9 Å². The van der Waals surface area contributed by atoms with Gasteiger partial charge in [0.25, 0.3) is 8.53 Å². The summed E-state index contributed by atoms with van der Waals surface area (Å²) in [5, 5.41) is 12.5. The van der Waals surface area contributed by atoms with E-state index < -0.39 is 58.5 Å². The lowest BCUT2D eigenvalue weighted by Gasteiger charge is -2.60. The number of allylic oxidation sites excluding steroid dienone is 2. The molecule has 91 heavy (non-hydrogen) atoms. The Morgan fingerprint density at radius 1 is 0.824 bits per heavy atom. The van der Waals surface area contributed by atoms with Gasteiger partial charge in [0.15, 0.2) is 8.32 Å². The van der Waals surface area contributed by atoms with Gasteiger partial charge in [0, 0.05) is 42.2 Å². The number of methoxy groups -OCH3 is 2. The number of fused-ring (bicyclic) bond motifs is 5. The number of nitriles is 1. The van der Waals surface area contributed by atoms with Crippen LogP contribution in [0.4, 0.5) is 8.78 Å². The number of benzene rings is 4. The molecule has 0 aromatic heterocycles. The van der Waals surface area contributed by atoms with E-state index in [1.54, 1.807) is 19.8 Å². The molecule has 5 aliphatic rings. The third-order valence-corrected chi connectivity index (χ3v) is 29.5. The predicted molar refractivity (Wildman–Crippen MR) is 360 cm³/mol. The van der Waals surface area contributed by atoms with Crippen LogP contribution in [0.1, 0.15) is 187 Å². The van der Waals surface area contributed by atoms with E-state index in [9.17, 15) is 10.1 Å². The molecule has 4 fully saturated rings. The monoisotopic (exact) mass is 1290 g/mol. The van der Waals surface area contributed by atoms with Crippen molar-refractivity contribution < 1.29 is 50.7 Å². The molecule has 4 aromatic carbocycles. The predicted octanol–water partition coefficient (Wildman–Crippen LogP) is 17.9. The summed E-state index contributed by atoms with van der Waals surface area (Å²) in [4.78, 5) is 13.6. The molecule has 0 spiro atoms. The highest BCUT2D eigenvalue weighted by Gasteiger charge is 2.63. The van der Waals surface area contributed by atoms with E-state index in [4.69, 9.17) is 37.2 Å². The van der Waals surface area contributed by atoms with Crippen LogP contribution in [-0.2, 0) is 44.7 Å². The first-order valence-corrected chi connectivity index (χ1v) is 37.9. The molecule has 2 unspecified atom stereocenters. The van der Waals surface area contributed by atoms with E-state index in [0.717, 1.165) is 46.9 Å². The van der Waals surface area contributed by atoms with Gasteiger partial charge >= 0.3 is 0 Å². The van der Waals surface area contributed by atoms with Crippen LogP contribution in [0.15, 0.2) is 103 Å². The van der Waals surface area contributed by atoms with Gasteiger partial charge in [-0.15, -0.1) is 0 Å². The van der Waals surface area contributed by atoms with Gasteiger partial charge in [-0.05, 0) is 191 Å². The van der Waals surface area contributed by atoms with Gasteiger partial charge in [-0.25, -0.2) is 13.5 Å². The third kappa shape index (κ3) is 14.6. The van der Waals surface area contributed by atoms with Crippen molar-refractivity contribution in [3.05, 3.63) is 142 Å². The summed E-state index contributed by atoms with van der Waals surface area (Å²) in [5.74, 6) is 2.40. The van der Waals surface area contributed by atoms with Crippen LogP contribution in [0.25, 0.3) is 0 Å². The average molecular weight is 1290 g/mol. The van der Waals surface area contributed by atoms with Crippen molar-refractivity contribution in [2.75, 3.05) is 40.6 Å². The van der Waals surface area contributed by atoms with Crippen LogP contribution in [-0.4, -0.2) is 89.9 Å². The molecule has 1 N–H and O–H groups in total. The minimum atomic E-state index is -2.81. The van der Waals surface area contributed by atoms with Crippen LogP contribution in [0, 0.1) is 62.9 Å². The first kappa shape index (κ1) is 70.7. The second-order valence-corrected chi connectivity index (χ2v) is 35.7. The summed E-state index contributed by atoms with van der Waals surface area (Å²) in [5.41, 5.74) is 3.89. The Morgan fingerprint density at radius 2 is 1.46 bits per heavy atom. The molecule has 12 nitrogen and oxygen atoms in total. The lowest BCUT2D eigenvalue weighted by Crippen LogP contribution is -2.52. The molecule has 0 radical (unpaired) electrons. The van der Waals surface area contributed by atoms with Gasteiger partial charge in [0.05, 0.1) is 53.1 Å². The molecule has 1 saturated heterocycles. The number of nitrogens with zero attached hydrogens (tertiary/aromatic N) is 2. The van der Waals surface area contributed by atoms with E-state index in [0.29, 0.717) is 29.3 Å². The number of nitrogens with one attached hydrogen (secondary N) is 1. The molecule has 0 bridgehead atoms. The molecule has 498 valence electrons. The van der Waals surface area contributed by atoms with Crippen molar-refractivity contribution in [3.8, 4) is 17.6 Å². The maximum Gasteiger partial charge on any atom is 0.259 e. The number of ether oxygens (including phenoxy) is 5. The van der Waals surface area contributed by atoms with Gasteiger partial charge in [-0.1, -0.05) is 121 Å². The first-order chi connectivity index (χ1) is 43.3. The lowest BCUT2D eigenvalue weighted by molar-refractivity contribution is -0.122. The summed E-state index contributed by atoms with van der Waals surface area (Å²) in [6, 6.07) is 30.0.